The molecule has 1 rings (SSSR count). The maximum absolute atomic E-state index is 11.8. The molecule has 0 aliphatic carbocycles. The molecule has 0 aromatic carbocycles. The molecule has 0 aromatic heterocycles. The van der Waals surface area contributed by atoms with Gasteiger partial charge in [0.2, 0.25) is 0 Å². The Hall–Kier alpha value is -0.170. The summed E-state index contributed by atoms with van der Waals surface area (Å²) < 4.78 is 26.4. The van der Waals surface area contributed by atoms with Crippen LogP contribution >= 0.6 is 0 Å². The van der Waals surface area contributed by atoms with E-state index in [2.05, 4.69) is 0 Å². The van der Waals surface area contributed by atoms with E-state index in [9.17, 15) is 8.42 Å². The van der Waals surface area contributed by atoms with E-state index in [-0.39, 0.29) is 6.04 Å². The predicted molar refractivity (Wildman–Crippen MR) is 55.9 cm³/mol. The van der Waals surface area contributed by atoms with Gasteiger partial charge in [-0.15, -0.1) is 0 Å². The Kier molecular flexibility index (Phi) is 3.52. The van der Waals surface area contributed by atoms with Crippen LogP contribution in [0.15, 0.2) is 0 Å². The van der Waals surface area contributed by atoms with Gasteiger partial charge < -0.3 is 5.73 Å². The second-order valence-corrected chi connectivity index (χ2v) is 6.14. The fourth-order valence-corrected chi connectivity index (χ4v) is 3.17. The van der Waals surface area contributed by atoms with Crippen LogP contribution in [-0.4, -0.2) is 50.3 Å². The lowest BCUT2D eigenvalue weighted by Gasteiger charge is -2.24. The molecule has 2 atom stereocenters. The Morgan fingerprint density at radius 1 is 1.50 bits per heavy atom. The average molecular weight is 221 g/mol. The van der Waals surface area contributed by atoms with Crippen LogP contribution in [0.1, 0.15) is 13.3 Å². The molecule has 0 amide bonds. The number of nitrogens with zero attached hydrogens (tertiary/aromatic N) is 2. The quantitative estimate of drug-likeness (QED) is 0.696. The summed E-state index contributed by atoms with van der Waals surface area (Å²) in [7, 11) is -0.151. The van der Waals surface area contributed by atoms with Gasteiger partial charge in [0.15, 0.2) is 0 Å². The first kappa shape index (κ1) is 11.9. The zero-order chi connectivity index (χ0) is 10.9. The molecule has 5 nitrogen and oxygen atoms in total. The fraction of sp³-hybridized carbons (Fsp3) is 1.00. The molecule has 1 saturated heterocycles. The fourth-order valence-electron chi connectivity index (χ4n) is 1.81. The molecule has 0 radical (unpaired) electrons. The van der Waals surface area contributed by atoms with Gasteiger partial charge >= 0.3 is 0 Å². The summed E-state index contributed by atoms with van der Waals surface area (Å²) in [6.07, 6.45) is 0.865. The molecule has 0 bridgehead atoms. The lowest BCUT2D eigenvalue weighted by Crippen LogP contribution is -2.42. The van der Waals surface area contributed by atoms with Crippen LogP contribution in [0.5, 0.6) is 0 Å². The van der Waals surface area contributed by atoms with Crippen LogP contribution in [0.4, 0.5) is 0 Å². The maximum atomic E-state index is 11.8. The van der Waals surface area contributed by atoms with Crippen molar-refractivity contribution in [2.45, 2.75) is 19.4 Å². The first-order valence-electron chi connectivity index (χ1n) is 4.79. The molecule has 2 N–H and O–H groups in total. The topological polar surface area (TPSA) is 66.6 Å². The summed E-state index contributed by atoms with van der Waals surface area (Å²) in [5.74, 6) is 0.305. The molecule has 0 aromatic rings. The van der Waals surface area contributed by atoms with E-state index >= 15 is 0 Å². The summed E-state index contributed by atoms with van der Waals surface area (Å²) in [5, 5.41) is 0. The number of rotatable bonds is 3. The van der Waals surface area contributed by atoms with Gasteiger partial charge in [0, 0.05) is 26.7 Å². The first-order valence-corrected chi connectivity index (χ1v) is 6.18. The van der Waals surface area contributed by atoms with Crippen molar-refractivity contribution in [3.8, 4) is 0 Å². The van der Waals surface area contributed by atoms with E-state index in [1.807, 2.05) is 6.92 Å². The van der Waals surface area contributed by atoms with Gasteiger partial charge in [0.1, 0.15) is 0 Å². The normalized spacial score (nSPS) is 30.1. The van der Waals surface area contributed by atoms with Gasteiger partial charge in [-0.05, 0) is 25.8 Å². The second-order valence-electron chi connectivity index (χ2n) is 4.05. The summed E-state index contributed by atoms with van der Waals surface area (Å²) >= 11 is 0. The van der Waals surface area contributed by atoms with Crippen molar-refractivity contribution in [3.63, 3.8) is 0 Å². The van der Waals surface area contributed by atoms with Crippen LogP contribution in [0, 0.1) is 5.92 Å². The largest absolute Gasteiger partial charge is 0.330 e. The number of hydrogen-bond donors (Lipinski definition) is 1. The van der Waals surface area contributed by atoms with Gasteiger partial charge in [-0.2, -0.15) is 17.0 Å². The third kappa shape index (κ3) is 2.08. The van der Waals surface area contributed by atoms with Gasteiger partial charge in [0.25, 0.3) is 10.2 Å². The van der Waals surface area contributed by atoms with Crippen LogP contribution < -0.4 is 5.73 Å². The second kappa shape index (κ2) is 4.14. The van der Waals surface area contributed by atoms with Crippen molar-refractivity contribution in [1.82, 2.24) is 8.61 Å². The monoisotopic (exact) mass is 221 g/mol. The lowest BCUT2D eigenvalue weighted by molar-refractivity contribution is 0.369. The summed E-state index contributed by atoms with van der Waals surface area (Å²) in [5.41, 5.74) is 5.54. The van der Waals surface area contributed by atoms with Crippen LogP contribution in [0.2, 0.25) is 0 Å². The zero-order valence-corrected chi connectivity index (χ0v) is 9.79. The average Bonchev–Trinajstić information content (AvgIpc) is 2.47. The molecule has 14 heavy (non-hydrogen) atoms. The molecule has 1 aliphatic heterocycles. The Morgan fingerprint density at radius 3 is 2.43 bits per heavy atom. The summed E-state index contributed by atoms with van der Waals surface area (Å²) in [4.78, 5) is 0. The standard InChI is InChI=1S/C8H19N3O2S/c1-7-4-8(5-9)6-11(7)14(12,13)10(2)3/h7-8H,4-6,9H2,1-3H3. The smallest absolute Gasteiger partial charge is 0.281 e. The van der Waals surface area contributed by atoms with Crippen molar-refractivity contribution in [3.05, 3.63) is 0 Å². The van der Waals surface area contributed by atoms with Crippen molar-refractivity contribution in [1.29, 1.82) is 0 Å². The van der Waals surface area contributed by atoms with Crippen molar-refractivity contribution < 1.29 is 8.42 Å². The van der Waals surface area contributed by atoms with E-state index in [1.54, 1.807) is 14.1 Å². The van der Waals surface area contributed by atoms with Crippen molar-refractivity contribution in [2.24, 2.45) is 11.7 Å². The lowest BCUT2D eigenvalue weighted by atomic mass is 10.1. The van der Waals surface area contributed by atoms with E-state index < -0.39 is 10.2 Å². The Bertz CT molecular complexity index is 289. The molecular formula is C8H19N3O2S. The third-order valence-corrected chi connectivity index (χ3v) is 4.72. The first-order chi connectivity index (χ1) is 6.39. The molecule has 6 heteroatoms. The molecule has 1 fully saturated rings. The highest BCUT2D eigenvalue weighted by Gasteiger charge is 2.37. The molecule has 1 heterocycles. The highest BCUT2D eigenvalue weighted by atomic mass is 32.2. The predicted octanol–water partition coefficient (Wildman–Crippen LogP) is -0.538. The van der Waals surface area contributed by atoms with Crippen molar-refractivity contribution >= 4 is 10.2 Å². The highest BCUT2D eigenvalue weighted by Crippen LogP contribution is 2.25. The summed E-state index contributed by atoms with van der Waals surface area (Å²) in [6.45, 7) is 3.04. The molecule has 1 aliphatic rings. The Morgan fingerprint density at radius 2 is 2.07 bits per heavy atom. The van der Waals surface area contributed by atoms with Crippen LogP contribution in [0.25, 0.3) is 0 Å². The molecule has 84 valence electrons. The molecule has 0 spiro atoms. The van der Waals surface area contributed by atoms with Crippen LogP contribution in [-0.2, 0) is 10.2 Å². The highest BCUT2D eigenvalue weighted by molar-refractivity contribution is 7.86. The van der Waals surface area contributed by atoms with Gasteiger partial charge in [-0.25, -0.2) is 0 Å². The van der Waals surface area contributed by atoms with Gasteiger partial charge in [-0.1, -0.05) is 0 Å². The van der Waals surface area contributed by atoms with E-state index in [1.165, 1.54) is 8.61 Å². The van der Waals surface area contributed by atoms with Gasteiger partial charge in [0.05, 0.1) is 0 Å². The number of hydrogen-bond acceptors (Lipinski definition) is 3. The molecular weight excluding hydrogens is 202 g/mol. The zero-order valence-electron chi connectivity index (χ0n) is 8.97. The third-order valence-electron chi connectivity index (χ3n) is 2.70. The Labute approximate surface area is 86.0 Å². The minimum atomic E-state index is -3.26. The molecule has 0 saturated carbocycles. The number of nitrogens with two attached hydrogens (primary N) is 1. The van der Waals surface area contributed by atoms with E-state index in [4.69, 9.17) is 5.73 Å². The maximum Gasteiger partial charge on any atom is 0.281 e. The Balaban J connectivity index is 2.80. The van der Waals surface area contributed by atoms with Crippen molar-refractivity contribution in [2.75, 3.05) is 27.2 Å². The minimum Gasteiger partial charge on any atom is -0.330 e. The minimum absolute atomic E-state index is 0.0657. The SMILES string of the molecule is CC1CC(CN)CN1S(=O)(=O)N(C)C. The van der Waals surface area contributed by atoms with Crippen LogP contribution in [0.3, 0.4) is 0 Å². The molecule has 2 unspecified atom stereocenters. The summed E-state index contributed by atoms with van der Waals surface area (Å²) in [6, 6.07) is 0.0657. The van der Waals surface area contributed by atoms with E-state index in [0.717, 1.165) is 6.42 Å². The van der Waals surface area contributed by atoms with E-state index in [0.29, 0.717) is 19.0 Å². The van der Waals surface area contributed by atoms with Gasteiger partial charge in [-0.3, -0.25) is 0 Å².